The Labute approximate surface area is 57.3 Å². The van der Waals surface area contributed by atoms with Crippen molar-refractivity contribution in [2.24, 2.45) is 0 Å². The molecule has 0 aliphatic rings. The molecule has 0 saturated heterocycles. The second kappa shape index (κ2) is 7.60. The molecule has 0 aromatic rings. The molecule has 0 aliphatic heterocycles. The summed E-state index contributed by atoms with van der Waals surface area (Å²) in [5.41, 5.74) is 0. The molecular formula is C4H10N2O4. The van der Waals surface area contributed by atoms with Crippen molar-refractivity contribution in [2.75, 3.05) is 0 Å². The molecule has 0 bridgehead atoms. The molecule has 0 amide bonds. The van der Waals surface area contributed by atoms with E-state index in [0.717, 1.165) is 0 Å². The number of carbonyl (C=O) groups is 2. The average molecular weight is 150 g/mol. The van der Waals surface area contributed by atoms with Gasteiger partial charge in [-0.25, -0.2) is 9.59 Å². The van der Waals surface area contributed by atoms with E-state index in [1.807, 2.05) is 0 Å². The second-order valence-electron chi connectivity index (χ2n) is 1.01. The second-order valence-corrected chi connectivity index (χ2v) is 1.01. The maximum atomic E-state index is 9.55. The van der Waals surface area contributed by atoms with Crippen LogP contribution in [0, 0.1) is 0 Å². The number of hydrogen-bond acceptors (Lipinski definition) is 4. The zero-order chi connectivity index (χ0) is 6.57. The summed E-state index contributed by atoms with van der Waals surface area (Å²) in [6.07, 6.45) is 1.12. The molecule has 6 heteroatoms. The van der Waals surface area contributed by atoms with E-state index in [2.05, 4.69) is 0 Å². The highest BCUT2D eigenvalue weighted by Crippen LogP contribution is 1.70. The lowest BCUT2D eigenvalue weighted by Crippen LogP contribution is -1.91. The van der Waals surface area contributed by atoms with Crippen molar-refractivity contribution in [3.05, 3.63) is 12.2 Å². The van der Waals surface area contributed by atoms with Gasteiger partial charge < -0.3 is 22.5 Å². The summed E-state index contributed by atoms with van der Waals surface area (Å²) in [5, 5.41) is 15.6. The fourth-order valence-corrected chi connectivity index (χ4v) is 0.143. The molecule has 0 heterocycles. The van der Waals surface area contributed by atoms with Gasteiger partial charge >= 0.3 is 11.9 Å². The summed E-state index contributed by atoms with van der Waals surface area (Å²) in [6, 6.07) is 0. The largest absolute Gasteiger partial charge is 0.478 e. The van der Waals surface area contributed by atoms with Crippen molar-refractivity contribution in [1.82, 2.24) is 12.3 Å². The van der Waals surface area contributed by atoms with Crippen molar-refractivity contribution < 1.29 is 19.8 Å². The van der Waals surface area contributed by atoms with Gasteiger partial charge in [-0.2, -0.15) is 0 Å². The van der Waals surface area contributed by atoms with Gasteiger partial charge in [0.15, 0.2) is 0 Å². The van der Waals surface area contributed by atoms with Crippen molar-refractivity contribution in [3.8, 4) is 0 Å². The molecule has 0 rings (SSSR count). The SMILES string of the molecule is N.N.O=C(O)/C=C/C(=O)O. The third-order valence-electron chi connectivity index (χ3n) is 0.368. The third kappa shape index (κ3) is 16.0. The average Bonchev–Trinajstić information content (AvgIpc) is 1.61. The van der Waals surface area contributed by atoms with Crippen molar-refractivity contribution in [2.45, 2.75) is 0 Å². The smallest absolute Gasteiger partial charge is 0.328 e. The van der Waals surface area contributed by atoms with Gasteiger partial charge in [-0.15, -0.1) is 0 Å². The summed E-state index contributed by atoms with van der Waals surface area (Å²) in [6.45, 7) is 0. The van der Waals surface area contributed by atoms with Crippen molar-refractivity contribution in [3.63, 3.8) is 0 Å². The lowest BCUT2D eigenvalue weighted by atomic mass is 10.5. The Morgan fingerprint density at radius 3 is 1.20 bits per heavy atom. The van der Waals surface area contributed by atoms with Crippen LogP contribution in [0.2, 0.25) is 0 Å². The van der Waals surface area contributed by atoms with Gasteiger partial charge in [-0.1, -0.05) is 0 Å². The predicted octanol–water partition coefficient (Wildman–Crippen LogP) is 0.0358. The van der Waals surface area contributed by atoms with Crippen LogP contribution in [-0.2, 0) is 9.59 Å². The first-order valence-corrected chi connectivity index (χ1v) is 1.77. The molecule has 8 N–H and O–H groups in total. The first kappa shape index (κ1) is 15.8. The summed E-state index contributed by atoms with van der Waals surface area (Å²) in [7, 11) is 0. The van der Waals surface area contributed by atoms with Gasteiger partial charge in [-0.3, -0.25) is 0 Å². The molecule has 0 fully saturated rings. The Morgan fingerprint density at radius 1 is 0.900 bits per heavy atom. The van der Waals surface area contributed by atoms with Gasteiger partial charge in [0.2, 0.25) is 0 Å². The topological polar surface area (TPSA) is 145 Å². The van der Waals surface area contributed by atoms with E-state index < -0.39 is 11.9 Å². The van der Waals surface area contributed by atoms with Crippen LogP contribution in [-0.4, -0.2) is 22.2 Å². The number of hydrogen-bond donors (Lipinski definition) is 4. The molecule has 0 saturated carbocycles. The van der Waals surface area contributed by atoms with Crippen LogP contribution >= 0.6 is 0 Å². The Kier molecular flexibility index (Phi) is 12.0. The number of carboxylic acid groups (broad SMARTS) is 2. The van der Waals surface area contributed by atoms with Gasteiger partial charge in [0.25, 0.3) is 0 Å². The normalized spacial score (nSPS) is 7.60. The van der Waals surface area contributed by atoms with E-state index >= 15 is 0 Å². The number of carboxylic acids is 2. The minimum atomic E-state index is -1.26. The Balaban J connectivity index is -0.000000245. The summed E-state index contributed by atoms with van der Waals surface area (Å²) < 4.78 is 0. The Hall–Kier alpha value is -1.40. The minimum absolute atomic E-state index is 0. The van der Waals surface area contributed by atoms with Crippen LogP contribution in [0.1, 0.15) is 0 Å². The molecule has 0 radical (unpaired) electrons. The molecule has 0 spiro atoms. The third-order valence-corrected chi connectivity index (χ3v) is 0.368. The first-order chi connectivity index (χ1) is 3.63. The molecular weight excluding hydrogens is 140 g/mol. The molecule has 6 nitrogen and oxygen atoms in total. The molecule has 0 atom stereocenters. The molecule has 60 valence electrons. The zero-order valence-corrected chi connectivity index (χ0v) is 5.28. The van der Waals surface area contributed by atoms with Crippen LogP contribution in [0.4, 0.5) is 0 Å². The maximum absolute atomic E-state index is 9.55. The maximum Gasteiger partial charge on any atom is 0.328 e. The molecule has 0 aromatic carbocycles. The summed E-state index contributed by atoms with van der Waals surface area (Å²) >= 11 is 0. The fourth-order valence-electron chi connectivity index (χ4n) is 0.143. The monoisotopic (exact) mass is 150 g/mol. The zero-order valence-electron chi connectivity index (χ0n) is 5.28. The van der Waals surface area contributed by atoms with Crippen LogP contribution in [0.15, 0.2) is 12.2 Å². The number of aliphatic carboxylic acids is 2. The molecule has 10 heavy (non-hydrogen) atoms. The van der Waals surface area contributed by atoms with Gasteiger partial charge in [0, 0.05) is 12.2 Å². The molecule has 0 aliphatic carbocycles. The highest BCUT2D eigenvalue weighted by Gasteiger charge is 1.88. The van der Waals surface area contributed by atoms with E-state index in [9.17, 15) is 9.59 Å². The van der Waals surface area contributed by atoms with Gasteiger partial charge in [0.05, 0.1) is 0 Å². The first-order valence-electron chi connectivity index (χ1n) is 1.77. The summed E-state index contributed by atoms with van der Waals surface area (Å²) in [5.74, 6) is -2.51. The van der Waals surface area contributed by atoms with E-state index in [4.69, 9.17) is 10.2 Å². The van der Waals surface area contributed by atoms with Crippen LogP contribution < -0.4 is 12.3 Å². The van der Waals surface area contributed by atoms with E-state index in [1.165, 1.54) is 0 Å². The fraction of sp³-hybridized carbons (Fsp3) is 0. The number of rotatable bonds is 2. The highest BCUT2D eigenvalue weighted by molar-refractivity contribution is 5.89. The predicted molar refractivity (Wildman–Crippen MR) is 34.5 cm³/mol. The lowest BCUT2D eigenvalue weighted by Gasteiger charge is -1.74. The van der Waals surface area contributed by atoms with E-state index in [0.29, 0.717) is 12.2 Å². The summed E-state index contributed by atoms with van der Waals surface area (Å²) in [4.78, 5) is 19.1. The molecule has 0 aromatic heterocycles. The van der Waals surface area contributed by atoms with Gasteiger partial charge in [-0.05, 0) is 0 Å². The van der Waals surface area contributed by atoms with E-state index in [-0.39, 0.29) is 12.3 Å². The van der Waals surface area contributed by atoms with Gasteiger partial charge in [0.1, 0.15) is 0 Å². The lowest BCUT2D eigenvalue weighted by molar-refractivity contribution is -0.134. The van der Waals surface area contributed by atoms with Crippen LogP contribution in [0.3, 0.4) is 0 Å². The van der Waals surface area contributed by atoms with Crippen molar-refractivity contribution >= 4 is 11.9 Å². The Morgan fingerprint density at radius 2 is 1.10 bits per heavy atom. The highest BCUT2D eigenvalue weighted by atomic mass is 16.4. The standard InChI is InChI=1S/C4H4O4.2H3N/c5-3(6)1-2-4(7)8;;/h1-2H,(H,5,6)(H,7,8);2*1H3/b2-1+;;. The van der Waals surface area contributed by atoms with E-state index in [1.54, 1.807) is 0 Å². The molecule has 0 unspecified atom stereocenters. The Bertz CT molecular complexity index is 126. The van der Waals surface area contributed by atoms with Crippen LogP contribution in [0.25, 0.3) is 0 Å². The van der Waals surface area contributed by atoms with Crippen LogP contribution in [0.5, 0.6) is 0 Å². The van der Waals surface area contributed by atoms with Crippen molar-refractivity contribution in [1.29, 1.82) is 0 Å². The quantitative estimate of drug-likeness (QED) is 0.409. The minimum Gasteiger partial charge on any atom is -0.478 e.